The van der Waals surface area contributed by atoms with Gasteiger partial charge in [-0.05, 0) is 79.4 Å². The van der Waals surface area contributed by atoms with Crippen LogP contribution in [0.5, 0.6) is 0 Å². The molecule has 1 atom stereocenters. The molecule has 3 aromatic rings. The normalized spacial score (nSPS) is 12.4. The molecule has 0 spiro atoms. The second-order valence-corrected chi connectivity index (χ2v) is 10.4. The number of amides is 1. The average molecular weight is 508 g/mol. The fraction of sp³-hybridized carbons (Fsp3) is 0.280. The smallest absolute Gasteiger partial charge is 0.416 e. The minimum absolute atomic E-state index is 0.0706. The van der Waals surface area contributed by atoms with Gasteiger partial charge in [-0.25, -0.2) is 0 Å². The number of aryl methyl sites for hydroxylation is 2. The first-order valence-electron chi connectivity index (χ1n) is 10.5. The largest absolute Gasteiger partial charge is 0.481 e. The third kappa shape index (κ3) is 6.42. The van der Waals surface area contributed by atoms with Crippen molar-refractivity contribution in [2.75, 3.05) is 6.54 Å². The van der Waals surface area contributed by atoms with E-state index in [0.29, 0.717) is 4.88 Å². The summed E-state index contributed by atoms with van der Waals surface area (Å²) in [7, 11) is 0. The molecule has 3 rings (SSSR count). The summed E-state index contributed by atoms with van der Waals surface area (Å²) in [5.74, 6) is -1.26. The highest BCUT2D eigenvalue weighted by atomic mass is 32.2. The van der Waals surface area contributed by atoms with E-state index in [9.17, 15) is 22.8 Å². The molecule has 0 aliphatic heterocycles. The number of carboxylic acid groups (broad SMARTS) is 1. The zero-order valence-corrected chi connectivity index (χ0v) is 20.5. The van der Waals surface area contributed by atoms with Crippen molar-refractivity contribution in [3.8, 4) is 11.1 Å². The Kier molecular flexibility index (Phi) is 8.09. The molecule has 1 aromatic heterocycles. The lowest BCUT2D eigenvalue weighted by Crippen LogP contribution is -2.25. The van der Waals surface area contributed by atoms with Crippen LogP contribution in [0.3, 0.4) is 0 Å². The molecule has 34 heavy (non-hydrogen) atoms. The van der Waals surface area contributed by atoms with E-state index in [1.807, 2.05) is 39.0 Å². The summed E-state index contributed by atoms with van der Waals surface area (Å²) in [6.07, 6.45) is -4.49. The Morgan fingerprint density at radius 1 is 1.06 bits per heavy atom. The summed E-state index contributed by atoms with van der Waals surface area (Å²) >= 11 is 3.00. The van der Waals surface area contributed by atoms with Crippen molar-refractivity contribution >= 4 is 35.0 Å². The second-order valence-electron chi connectivity index (χ2n) is 7.87. The third-order valence-corrected chi connectivity index (χ3v) is 7.73. The molecule has 1 amide bonds. The van der Waals surface area contributed by atoms with Crippen LogP contribution in [0.4, 0.5) is 13.2 Å². The minimum Gasteiger partial charge on any atom is -0.481 e. The number of thioether (sulfide) groups is 1. The van der Waals surface area contributed by atoms with Crippen molar-refractivity contribution in [3.63, 3.8) is 0 Å². The van der Waals surface area contributed by atoms with Crippen LogP contribution in [-0.2, 0) is 11.0 Å². The number of halogens is 3. The molecule has 2 aromatic carbocycles. The zero-order chi connectivity index (χ0) is 25.0. The maximum absolute atomic E-state index is 12.9. The van der Waals surface area contributed by atoms with Crippen molar-refractivity contribution in [2.45, 2.75) is 43.5 Å². The Balaban J connectivity index is 1.71. The van der Waals surface area contributed by atoms with Gasteiger partial charge in [0.15, 0.2) is 0 Å². The molecule has 4 nitrogen and oxygen atoms in total. The molecule has 0 bridgehead atoms. The summed E-state index contributed by atoms with van der Waals surface area (Å²) in [6, 6.07) is 12.9. The molecule has 0 fully saturated rings. The van der Waals surface area contributed by atoms with Crippen molar-refractivity contribution in [2.24, 2.45) is 0 Å². The predicted octanol–water partition coefficient (Wildman–Crippen LogP) is 7.11. The van der Waals surface area contributed by atoms with Crippen molar-refractivity contribution in [1.82, 2.24) is 5.32 Å². The molecule has 0 saturated heterocycles. The first-order chi connectivity index (χ1) is 16.0. The molecule has 0 aliphatic rings. The topological polar surface area (TPSA) is 66.4 Å². The molecule has 0 saturated carbocycles. The Morgan fingerprint density at radius 2 is 1.68 bits per heavy atom. The Labute approximate surface area is 204 Å². The van der Waals surface area contributed by atoms with E-state index in [2.05, 4.69) is 5.32 Å². The summed E-state index contributed by atoms with van der Waals surface area (Å²) in [5.41, 5.74) is 2.93. The molecule has 1 unspecified atom stereocenters. The zero-order valence-electron chi connectivity index (χ0n) is 18.8. The number of carbonyl (C=O) groups excluding carboxylic acids is 1. The number of carboxylic acids is 1. The van der Waals surface area contributed by atoms with Crippen LogP contribution in [0.25, 0.3) is 11.1 Å². The second kappa shape index (κ2) is 10.7. The van der Waals surface area contributed by atoms with Gasteiger partial charge in [0.05, 0.1) is 16.9 Å². The molecular formula is C25H24F3NO3S2. The van der Waals surface area contributed by atoms with Crippen molar-refractivity contribution in [1.29, 1.82) is 0 Å². The molecule has 9 heteroatoms. The summed E-state index contributed by atoms with van der Waals surface area (Å²) < 4.78 is 38.6. The number of benzene rings is 2. The van der Waals surface area contributed by atoms with Crippen LogP contribution in [0.2, 0.25) is 0 Å². The standard InChI is InChI=1S/C25H24F3NO3S2/c1-14-12-19(13-15(2)23(14)17-4-6-18(7-5-17)25(26,27)28)33-16(3)20-8-9-21(34-20)24(32)29-11-10-22(30)31/h4-9,12-13,16H,10-11H2,1-3H3,(H,29,32)(H,30,31). The number of hydrogen-bond acceptors (Lipinski definition) is 4. The molecule has 0 radical (unpaired) electrons. The van der Waals surface area contributed by atoms with Crippen LogP contribution in [0.1, 0.15) is 49.8 Å². The lowest BCUT2D eigenvalue weighted by molar-refractivity contribution is -0.138. The van der Waals surface area contributed by atoms with E-state index in [-0.39, 0.29) is 24.1 Å². The maximum atomic E-state index is 12.9. The number of alkyl halides is 3. The number of thiophene rings is 1. The van der Waals surface area contributed by atoms with Crippen LogP contribution in [-0.4, -0.2) is 23.5 Å². The number of aliphatic carboxylic acids is 1. The highest BCUT2D eigenvalue weighted by molar-refractivity contribution is 7.99. The molecular weight excluding hydrogens is 483 g/mol. The fourth-order valence-corrected chi connectivity index (χ4v) is 5.84. The number of carbonyl (C=O) groups is 2. The van der Waals surface area contributed by atoms with Gasteiger partial charge in [0, 0.05) is 21.6 Å². The summed E-state index contributed by atoms with van der Waals surface area (Å²) in [4.78, 5) is 25.3. The van der Waals surface area contributed by atoms with Gasteiger partial charge >= 0.3 is 12.1 Å². The van der Waals surface area contributed by atoms with Crippen LogP contribution in [0.15, 0.2) is 53.4 Å². The average Bonchev–Trinajstić information content (AvgIpc) is 3.23. The van der Waals surface area contributed by atoms with Gasteiger partial charge in [0.25, 0.3) is 5.91 Å². The van der Waals surface area contributed by atoms with Gasteiger partial charge in [-0.3, -0.25) is 9.59 Å². The fourth-order valence-electron chi connectivity index (χ4n) is 3.60. The van der Waals surface area contributed by atoms with Crippen LogP contribution < -0.4 is 5.32 Å². The van der Waals surface area contributed by atoms with Gasteiger partial charge in [-0.15, -0.1) is 23.1 Å². The van der Waals surface area contributed by atoms with Gasteiger partial charge < -0.3 is 10.4 Å². The molecule has 0 aliphatic carbocycles. The van der Waals surface area contributed by atoms with Crippen LogP contribution >= 0.6 is 23.1 Å². The SMILES string of the molecule is Cc1cc(SC(C)c2ccc(C(=O)NCCC(=O)O)s2)cc(C)c1-c1ccc(C(F)(F)F)cc1. The lowest BCUT2D eigenvalue weighted by atomic mass is 9.95. The van der Waals surface area contributed by atoms with E-state index < -0.39 is 17.7 Å². The van der Waals surface area contributed by atoms with Crippen molar-refractivity contribution < 1.29 is 27.9 Å². The first-order valence-corrected chi connectivity index (χ1v) is 12.2. The maximum Gasteiger partial charge on any atom is 0.416 e. The van der Waals surface area contributed by atoms with Crippen LogP contribution in [0, 0.1) is 13.8 Å². The summed E-state index contributed by atoms with van der Waals surface area (Å²) in [6.45, 7) is 6.01. The summed E-state index contributed by atoms with van der Waals surface area (Å²) in [5, 5.41) is 11.4. The number of hydrogen-bond donors (Lipinski definition) is 2. The Bertz CT molecular complexity index is 1160. The van der Waals surface area contributed by atoms with Gasteiger partial charge in [-0.1, -0.05) is 12.1 Å². The first kappa shape index (κ1) is 25.8. The predicted molar refractivity (Wildman–Crippen MR) is 130 cm³/mol. The molecule has 2 N–H and O–H groups in total. The molecule has 1 heterocycles. The third-order valence-electron chi connectivity index (χ3n) is 5.20. The highest BCUT2D eigenvalue weighted by Gasteiger charge is 2.30. The van der Waals surface area contributed by atoms with Crippen molar-refractivity contribution in [3.05, 3.63) is 75.0 Å². The Morgan fingerprint density at radius 3 is 2.24 bits per heavy atom. The quantitative estimate of drug-likeness (QED) is 0.319. The lowest BCUT2D eigenvalue weighted by Gasteiger charge is -2.16. The van der Waals surface area contributed by atoms with Gasteiger partial charge in [-0.2, -0.15) is 13.2 Å². The van der Waals surface area contributed by atoms with E-state index in [1.54, 1.807) is 17.8 Å². The highest BCUT2D eigenvalue weighted by Crippen LogP contribution is 2.41. The minimum atomic E-state index is -4.36. The van der Waals surface area contributed by atoms with E-state index in [4.69, 9.17) is 5.11 Å². The number of rotatable bonds is 8. The molecule has 180 valence electrons. The van der Waals surface area contributed by atoms with E-state index >= 15 is 0 Å². The Hall–Kier alpha value is -2.78. The van der Waals surface area contributed by atoms with E-state index in [0.717, 1.165) is 44.2 Å². The monoisotopic (exact) mass is 507 g/mol. The van der Waals surface area contributed by atoms with Gasteiger partial charge in [0.1, 0.15) is 0 Å². The number of nitrogens with one attached hydrogen (secondary N) is 1. The van der Waals surface area contributed by atoms with E-state index in [1.165, 1.54) is 23.5 Å². The van der Waals surface area contributed by atoms with Gasteiger partial charge in [0.2, 0.25) is 0 Å².